The molecule has 0 radical (unpaired) electrons. The Hall–Kier alpha value is -0.570. The van der Waals surface area contributed by atoms with Crippen molar-refractivity contribution in [2.24, 2.45) is 5.92 Å². The van der Waals surface area contributed by atoms with Crippen LogP contribution in [0.2, 0.25) is 0 Å². The van der Waals surface area contributed by atoms with Gasteiger partial charge >= 0.3 is 0 Å². The molecule has 0 aliphatic heterocycles. The summed E-state index contributed by atoms with van der Waals surface area (Å²) in [5, 5.41) is 5.94. The van der Waals surface area contributed by atoms with Gasteiger partial charge in [0.15, 0.2) is 0 Å². The molecule has 0 aliphatic rings. The van der Waals surface area contributed by atoms with E-state index in [0.29, 0.717) is 12.5 Å². The first-order chi connectivity index (χ1) is 6.02. The summed E-state index contributed by atoms with van der Waals surface area (Å²) in [6, 6.07) is 0.236. The zero-order chi connectivity index (χ0) is 10.3. The van der Waals surface area contributed by atoms with E-state index < -0.39 is 0 Å². The Morgan fingerprint density at radius 3 is 2.31 bits per heavy atom. The lowest BCUT2D eigenvalue weighted by Crippen LogP contribution is -2.38. The van der Waals surface area contributed by atoms with Gasteiger partial charge in [0.1, 0.15) is 0 Å². The molecule has 0 aromatic heterocycles. The highest BCUT2D eigenvalue weighted by Gasteiger charge is 2.01. The van der Waals surface area contributed by atoms with Crippen LogP contribution < -0.4 is 10.6 Å². The van der Waals surface area contributed by atoms with Gasteiger partial charge in [0.05, 0.1) is 6.54 Å². The highest BCUT2D eigenvalue weighted by molar-refractivity contribution is 5.78. The molecule has 0 saturated carbocycles. The zero-order valence-corrected chi connectivity index (χ0v) is 9.18. The Balaban J connectivity index is 3.27. The van der Waals surface area contributed by atoms with E-state index in [9.17, 15) is 4.79 Å². The van der Waals surface area contributed by atoms with Crippen LogP contribution >= 0.6 is 0 Å². The lowest BCUT2D eigenvalue weighted by atomic mass is 10.1. The normalized spacial score (nSPS) is 10.9. The van der Waals surface area contributed by atoms with Gasteiger partial charge in [-0.1, -0.05) is 13.8 Å². The molecule has 0 aromatic rings. The highest BCUT2D eigenvalue weighted by atomic mass is 16.1. The second-order valence-electron chi connectivity index (χ2n) is 4.08. The maximum atomic E-state index is 11.1. The predicted molar refractivity (Wildman–Crippen MR) is 55.6 cm³/mol. The number of carbonyl (C=O) groups excluding carboxylic acids is 1. The molecule has 3 heteroatoms. The topological polar surface area (TPSA) is 41.1 Å². The van der Waals surface area contributed by atoms with Gasteiger partial charge in [-0.2, -0.15) is 0 Å². The van der Waals surface area contributed by atoms with Gasteiger partial charge in [-0.05, 0) is 32.7 Å². The summed E-state index contributed by atoms with van der Waals surface area (Å²) in [6.45, 7) is 9.64. The summed E-state index contributed by atoms with van der Waals surface area (Å²) in [6.07, 6.45) is 1.12. The fourth-order valence-electron chi connectivity index (χ4n) is 0.966. The van der Waals surface area contributed by atoms with Gasteiger partial charge < -0.3 is 10.6 Å². The van der Waals surface area contributed by atoms with Crippen molar-refractivity contribution in [2.45, 2.75) is 40.2 Å². The lowest BCUT2D eigenvalue weighted by Gasteiger charge is -2.09. The predicted octanol–water partition coefficient (Wildman–Crippen LogP) is 1.15. The zero-order valence-electron chi connectivity index (χ0n) is 9.18. The molecule has 0 aliphatic carbocycles. The summed E-state index contributed by atoms with van der Waals surface area (Å²) in [4.78, 5) is 11.1. The maximum absolute atomic E-state index is 11.1. The van der Waals surface area contributed by atoms with Crippen molar-refractivity contribution in [1.82, 2.24) is 10.6 Å². The number of carbonyl (C=O) groups is 1. The molecule has 0 aromatic carbocycles. The van der Waals surface area contributed by atoms with Gasteiger partial charge in [0.25, 0.3) is 0 Å². The fourth-order valence-corrected chi connectivity index (χ4v) is 0.966. The quantitative estimate of drug-likeness (QED) is 0.611. The van der Waals surface area contributed by atoms with Crippen LogP contribution in [0.4, 0.5) is 0 Å². The Morgan fingerprint density at radius 2 is 1.85 bits per heavy atom. The monoisotopic (exact) mass is 186 g/mol. The lowest BCUT2D eigenvalue weighted by molar-refractivity contribution is -0.120. The first-order valence-electron chi connectivity index (χ1n) is 5.02. The summed E-state index contributed by atoms with van der Waals surface area (Å²) in [5.41, 5.74) is 0. The van der Waals surface area contributed by atoms with Crippen molar-refractivity contribution in [2.75, 3.05) is 13.1 Å². The van der Waals surface area contributed by atoms with Crippen molar-refractivity contribution in [3.63, 3.8) is 0 Å². The average Bonchev–Trinajstić information content (AvgIpc) is 1.96. The van der Waals surface area contributed by atoms with E-state index >= 15 is 0 Å². The number of hydrogen-bond acceptors (Lipinski definition) is 2. The van der Waals surface area contributed by atoms with Gasteiger partial charge in [-0.15, -0.1) is 0 Å². The minimum atomic E-state index is 0.0822. The molecule has 0 atom stereocenters. The molecule has 1 amide bonds. The van der Waals surface area contributed by atoms with Crippen molar-refractivity contribution in [3.8, 4) is 0 Å². The molecule has 0 fully saturated rings. The molecule has 3 nitrogen and oxygen atoms in total. The van der Waals surface area contributed by atoms with E-state index in [-0.39, 0.29) is 11.9 Å². The average molecular weight is 186 g/mol. The summed E-state index contributed by atoms with van der Waals surface area (Å²) in [7, 11) is 0. The van der Waals surface area contributed by atoms with Crippen LogP contribution in [0.25, 0.3) is 0 Å². The van der Waals surface area contributed by atoms with E-state index in [4.69, 9.17) is 0 Å². The van der Waals surface area contributed by atoms with Crippen LogP contribution in [-0.2, 0) is 4.79 Å². The van der Waals surface area contributed by atoms with E-state index in [0.717, 1.165) is 13.0 Å². The van der Waals surface area contributed by atoms with Crippen LogP contribution in [0.15, 0.2) is 0 Å². The highest BCUT2D eigenvalue weighted by Crippen LogP contribution is 1.95. The maximum Gasteiger partial charge on any atom is 0.234 e. The van der Waals surface area contributed by atoms with Gasteiger partial charge in [-0.25, -0.2) is 0 Å². The van der Waals surface area contributed by atoms with Crippen LogP contribution in [0.3, 0.4) is 0 Å². The molecule has 13 heavy (non-hydrogen) atoms. The van der Waals surface area contributed by atoms with E-state index in [1.165, 1.54) is 0 Å². The molecular formula is C10H22N2O. The van der Waals surface area contributed by atoms with Crippen LogP contribution in [0, 0.1) is 5.92 Å². The van der Waals surface area contributed by atoms with Crippen molar-refractivity contribution < 1.29 is 4.79 Å². The first kappa shape index (κ1) is 12.4. The molecule has 0 heterocycles. The molecule has 0 rings (SSSR count). The molecule has 0 saturated heterocycles. The Kier molecular flexibility index (Phi) is 6.59. The van der Waals surface area contributed by atoms with Crippen molar-refractivity contribution in [3.05, 3.63) is 0 Å². The first-order valence-corrected chi connectivity index (χ1v) is 5.02. The molecule has 2 N–H and O–H groups in total. The van der Waals surface area contributed by atoms with E-state index in [1.807, 2.05) is 13.8 Å². The van der Waals surface area contributed by atoms with Crippen LogP contribution in [-0.4, -0.2) is 25.0 Å². The minimum Gasteiger partial charge on any atom is -0.353 e. The summed E-state index contributed by atoms with van der Waals surface area (Å²) >= 11 is 0. The van der Waals surface area contributed by atoms with Gasteiger partial charge in [-0.3, -0.25) is 4.79 Å². The Labute approximate surface area is 81.3 Å². The molecule has 0 unspecified atom stereocenters. The largest absolute Gasteiger partial charge is 0.353 e. The third kappa shape index (κ3) is 9.34. The third-order valence-electron chi connectivity index (χ3n) is 1.63. The Morgan fingerprint density at radius 1 is 1.23 bits per heavy atom. The van der Waals surface area contributed by atoms with Crippen LogP contribution in [0.5, 0.6) is 0 Å². The molecular weight excluding hydrogens is 164 g/mol. The number of nitrogens with one attached hydrogen (secondary N) is 2. The SMILES string of the molecule is CC(C)CCNCC(=O)NC(C)C. The van der Waals surface area contributed by atoms with Crippen molar-refractivity contribution in [1.29, 1.82) is 0 Å². The standard InChI is InChI=1S/C10H22N2O/c1-8(2)5-6-11-7-10(13)12-9(3)4/h8-9,11H,5-7H2,1-4H3,(H,12,13). The molecule has 78 valence electrons. The summed E-state index contributed by atoms with van der Waals surface area (Å²) in [5.74, 6) is 0.777. The summed E-state index contributed by atoms with van der Waals surface area (Å²) < 4.78 is 0. The molecule has 0 spiro atoms. The second kappa shape index (κ2) is 6.89. The van der Waals surface area contributed by atoms with Crippen LogP contribution in [0.1, 0.15) is 34.1 Å². The number of amides is 1. The number of rotatable bonds is 6. The fraction of sp³-hybridized carbons (Fsp3) is 0.900. The smallest absolute Gasteiger partial charge is 0.234 e. The third-order valence-corrected chi connectivity index (χ3v) is 1.63. The Bertz CT molecular complexity index is 144. The minimum absolute atomic E-state index is 0.0822. The molecule has 0 bridgehead atoms. The van der Waals surface area contributed by atoms with Crippen molar-refractivity contribution >= 4 is 5.91 Å². The number of hydrogen-bond donors (Lipinski definition) is 2. The second-order valence-corrected chi connectivity index (χ2v) is 4.08. The van der Waals surface area contributed by atoms with Gasteiger partial charge in [0.2, 0.25) is 5.91 Å². The van der Waals surface area contributed by atoms with E-state index in [1.54, 1.807) is 0 Å². The van der Waals surface area contributed by atoms with Gasteiger partial charge in [0, 0.05) is 6.04 Å². The van der Waals surface area contributed by atoms with E-state index in [2.05, 4.69) is 24.5 Å².